The van der Waals surface area contributed by atoms with Gasteiger partial charge >= 0.3 is 0 Å². The molecular weight excluding hydrogens is 246 g/mol. The Labute approximate surface area is 92.8 Å². The van der Waals surface area contributed by atoms with Crippen LogP contribution in [0.25, 0.3) is 0 Å². The highest BCUT2D eigenvalue weighted by molar-refractivity contribution is 8.69. The van der Waals surface area contributed by atoms with Crippen molar-refractivity contribution >= 4 is 38.5 Å². The number of thiol groups is 1. The molecule has 0 heterocycles. The van der Waals surface area contributed by atoms with Crippen LogP contribution in [-0.4, -0.2) is 48.4 Å². The molecular formula is C6H13NO4S3. The van der Waals surface area contributed by atoms with Crippen LogP contribution in [0.4, 0.5) is 0 Å². The molecule has 0 spiro atoms. The van der Waals surface area contributed by atoms with E-state index in [9.17, 15) is 13.2 Å². The molecule has 0 aliphatic carbocycles. The van der Waals surface area contributed by atoms with E-state index < -0.39 is 15.9 Å². The molecule has 1 unspecified atom stereocenters. The quantitative estimate of drug-likeness (QED) is 0.422. The number of rotatable bonds is 5. The second-order valence-electron chi connectivity index (χ2n) is 2.79. The summed E-state index contributed by atoms with van der Waals surface area (Å²) in [4.78, 5) is 12.6. The molecule has 1 N–H and O–H groups in total. The average molecular weight is 259 g/mol. The zero-order valence-corrected chi connectivity index (χ0v) is 10.4. The van der Waals surface area contributed by atoms with Crippen molar-refractivity contribution in [3.8, 4) is 0 Å². The summed E-state index contributed by atoms with van der Waals surface area (Å²) in [7, 11) is -1.44. The summed E-state index contributed by atoms with van der Waals surface area (Å²) < 4.78 is 29.2. The fourth-order valence-electron chi connectivity index (χ4n) is 0.718. The summed E-state index contributed by atoms with van der Waals surface area (Å²) in [6, 6.07) is 0. The van der Waals surface area contributed by atoms with Gasteiger partial charge < -0.3 is 4.90 Å². The van der Waals surface area contributed by atoms with E-state index in [1.165, 1.54) is 11.9 Å². The lowest BCUT2D eigenvalue weighted by Gasteiger charge is -2.18. The fourth-order valence-corrected chi connectivity index (χ4v) is 1.76. The minimum absolute atomic E-state index is 0.0175. The molecule has 0 saturated heterocycles. The summed E-state index contributed by atoms with van der Waals surface area (Å²) in [5.41, 5.74) is 0. The van der Waals surface area contributed by atoms with Gasteiger partial charge in [-0.1, -0.05) is 10.8 Å². The van der Waals surface area contributed by atoms with Crippen molar-refractivity contribution in [1.82, 2.24) is 4.90 Å². The van der Waals surface area contributed by atoms with Gasteiger partial charge in [0.05, 0.1) is 11.0 Å². The average Bonchev–Trinajstić information content (AvgIpc) is 2.10. The van der Waals surface area contributed by atoms with Gasteiger partial charge in [0.1, 0.15) is 0 Å². The molecule has 1 atom stereocenters. The van der Waals surface area contributed by atoms with Crippen LogP contribution in [0.15, 0.2) is 0 Å². The van der Waals surface area contributed by atoms with Crippen molar-refractivity contribution in [3.63, 3.8) is 0 Å². The smallest absolute Gasteiger partial charge is 0.266 e. The van der Waals surface area contributed by atoms with Crippen molar-refractivity contribution in [2.45, 2.75) is 12.2 Å². The summed E-state index contributed by atoms with van der Waals surface area (Å²) in [6.07, 6.45) is 0. The number of nitrogens with zero attached hydrogens (tertiary/aromatic N) is 1. The van der Waals surface area contributed by atoms with E-state index in [-0.39, 0.29) is 17.7 Å². The third kappa shape index (κ3) is 5.74. The number of hydrogen-bond donors (Lipinski definition) is 2. The van der Waals surface area contributed by atoms with E-state index in [1.54, 1.807) is 6.92 Å². The van der Waals surface area contributed by atoms with E-state index in [2.05, 4.69) is 11.7 Å². The van der Waals surface area contributed by atoms with Gasteiger partial charge in [0.25, 0.3) is 10.1 Å². The molecule has 5 nitrogen and oxygen atoms in total. The Hall–Kier alpha value is 0.0800. The topological polar surface area (TPSA) is 74.7 Å². The molecule has 0 aromatic rings. The van der Waals surface area contributed by atoms with Crippen molar-refractivity contribution < 1.29 is 17.8 Å². The Bertz CT molecular complexity index is 289. The van der Waals surface area contributed by atoms with Crippen molar-refractivity contribution in [2.75, 3.05) is 19.3 Å². The number of amides is 1. The van der Waals surface area contributed by atoms with Gasteiger partial charge in [-0.25, -0.2) is 0 Å². The van der Waals surface area contributed by atoms with Gasteiger partial charge in [0.2, 0.25) is 5.91 Å². The van der Waals surface area contributed by atoms with Crippen LogP contribution >= 0.6 is 22.5 Å². The Morgan fingerprint density at radius 3 is 2.50 bits per heavy atom. The molecule has 14 heavy (non-hydrogen) atoms. The fraction of sp³-hybridized carbons (Fsp3) is 0.833. The standard InChI is InChI=1S/C6H13NO4S3/c1-5(13-12)6(8)7(2)3-4-14(9,10)11/h5,12H,3-4H2,1-2H3,(H,9,10,11). The first-order chi connectivity index (χ1) is 6.28. The van der Waals surface area contributed by atoms with Gasteiger partial charge in [0.15, 0.2) is 0 Å². The molecule has 0 aromatic heterocycles. The molecule has 0 radical (unpaired) electrons. The molecule has 1 amide bonds. The Balaban J connectivity index is 4.09. The highest BCUT2D eigenvalue weighted by Crippen LogP contribution is 2.15. The Morgan fingerprint density at radius 1 is 1.64 bits per heavy atom. The summed E-state index contributed by atoms with van der Waals surface area (Å²) in [5.74, 6) is -0.659. The Kier molecular flexibility index (Phi) is 5.87. The van der Waals surface area contributed by atoms with Crippen LogP contribution in [0.1, 0.15) is 6.92 Å². The monoisotopic (exact) mass is 259 g/mol. The van der Waals surface area contributed by atoms with Gasteiger partial charge in [-0.3, -0.25) is 9.35 Å². The van der Waals surface area contributed by atoms with E-state index >= 15 is 0 Å². The van der Waals surface area contributed by atoms with E-state index in [0.29, 0.717) is 0 Å². The van der Waals surface area contributed by atoms with Crippen molar-refractivity contribution in [1.29, 1.82) is 0 Å². The SMILES string of the molecule is CC(SS)C(=O)N(C)CCS(=O)(=O)O. The minimum atomic E-state index is -4.00. The third-order valence-corrected chi connectivity index (χ3v) is 3.73. The van der Waals surface area contributed by atoms with Crippen LogP contribution in [-0.2, 0) is 14.9 Å². The first-order valence-electron chi connectivity index (χ1n) is 3.78. The second-order valence-corrected chi connectivity index (χ2v) is 5.92. The maximum Gasteiger partial charge on any atom is 0.266 e. The normalized spacial score (nSPS) is 13.7. The van der Waals surface area contributed by atoms with Gasteiger partial charge in [-0.05, 0) is 6.92 Å². The van der Waals surface area contributed by atoms with E-state index in [4.69, 9.17) is 4.55 Å². The lowest BCUT2D eigenvalue weighted by molar-refractivity contribution is -0.128. The van der Waals surface area contributed by atoms with Crippen molar-refractivity contribution in [2.24, 2.45) is 0 Å². The lowest BCUT2D eigenvalue weighted by Crippen LogP contribution is -2.36. The number of hydrogen-bond acceptors (Lipinski definition) is 5. The maximum atomic E-state index is 11.4. The minimum Gasteiger partial charge on any atom is -0.344 e. The summed E-state index contributed by atoms with van der Waals surface area (Å²) in [6.45, 7) is 1.65. The van der Waals surface area contributed by atoms with Gasteiger partial charge in [-0.15, -0.1) is 11.7 Å². The van der Waals surface area contributed by atoms with Crippen LogP contribution in [0.3, 0.4) is 0 Å². The molecule has 8 heteroatoms. The molecule has 84 valence electrons. The first kappa shape index (κ1) is 14.1. The highest BCUT2D eigenvalue weighted by atomic mass is 33.1. The van der Waals surface area contributed by atoms with E-state index in [1.807, 2.05) is 0 Å². The highest BCUT2D eigenvalue weighted by Gasteiger charge is 2.18. The van der Waals surface area contributed by atoms with Gasteiger partial charge in [0, 0.05) is 13.6 Å². The van der Waals surface area contributed by atoms with Crippen LogP contribution in [0.5, 0.6) is 0 Å². The molecule has 0 aliphatic heterocycles. The Morgan fingerprint density at radius 2 is 2.14 bits per heavy atom. The zero-order chi connectivity index (χ0) is 11.4. The number of carbonyl (C=O) groups excluding carboxylic acids is 1. The van der Waals surface area contributed by atoms with Crippen LogP contribution < -0.4 is 0 Å². The molecule has 0 aromatic carbocycles. The molecule has 0 aliphatic rings. The predicted octanol–water partition coefficient (Wildman–Crippen LogP) is 0.299. The maximum absolute atomic E-state index is 11.4. The molecule has 0 fully saturated rings. The predicted molar refractivity (Wildman–Crippen MR) is 60.1 cm³/mol. The molecule has 0 rings (SSSR count). The largest absolute Gasteiger partial charge is 0.344 e. The van der Waals surface area contributed by atoms with Gasteiger partial charge in [-0.2, -0.15) is 8.42 Å². The second kappa shape index (κ2) is 5.84. The summed E-state index contributed by atoms with van der Waals surface area (Å²) >= 11 is 3.88. The molecule has 0 bridgehead atoms. The first-order valence-corrected chi connectivity index (χ1v) is 7.32. The lowest BCUT2D eigenvalue weighted by atomic mass is 10.4. The van der Waals surface area contributed by atoms with Crippen LogP contribution in [0.2, 0.25) is 0 Å². The van der Waals surface area contributed by atoms with Crippen molar-refractivity contribution in [3.05, 3.63) is 0 Å². The van der Waals surface area contributed by atoms with Crippen LogP contribution in [0, 0.1) is 0 Å². The molecule has 0 saturated carbocycles. The number of carbonyl (C=O) groups is 1. The third-order valence-electron chi connectivity index (χ3n) is 1.57. The zero-order valence-electron chi connectivity index (χ0n) is 7.87. The summed E-state index contributed by atoms with van der Waals surface area (Å²) in [5, 5.41) is -0.329. The van der Waals surface area contributed by atoms with E-state index in [0.717, 1.165) is 10.8 Å².